The van der Waals surface area contributed by atoms with Crippen LogP contribution in [0.25, 0.3) is 0 Å². The van der Waals surface area contributed by atoms with Crippen molar-refractivity contribution >= 4 is 5.91 Å². The van der Waals surface area contributed by atoms with E-state index in [1.807, 2.05) is 36.4 Å². The smallest absolute Gasteiger partial charge is 0.275 e. The molecule has 28 heavy (non-hydrogen) atoms. The van der Waals surface area contributed by atoms with Crippen molar-refractivity contribution < 1.29 is 15.0 Å². The summed E-state index contributed by atoms with van der Waals surface area (Å²) in [5.74, 6) is -1.19. The second kappa shape index (κ2) is 6.84. The van der Waals surface area contributed by atoms with Crippen LogP contribution in [0.4, 0.5) is 0 Å². The molecular formula is C21H19N3O4. The van der Waals surface area contributed by atoms with Crippen LogP contribution in [0.1, 0.15) is 33.6 Å². The van der Waals surface area contributed by atoms with Gasteiger partial charge in [-0.2, -0.15) is 5.10 Å². The van der Waals surface area contributed by atoms with Gasteiger partial charge in [0.05, 0.1) is 12.2 Å². The highest BCUT2D eigenvalue weighted by molar-refractivity contribution is 5.95. The van der Waals surface area contributed by atoms with Gasteiger partial charge in [0.15, 0.2) is 11.4 Å². The van der Waals surface area contributed by atoms with E-state index in [0.717, 1.165) is 17.3 Å². The monoisotopic (exact) mass is 377 g/mol. The number of phenols is 1. The van der Waals surface area contributed by atoms with Crippen LogP contribution in [-0.4, -0.2) is 44.4 Å². The van der Waals surface area contributed by atoms with E-state index in [1.165, 1.54) is 9.58 Å². The maximum Gasteiger partial charge on any atom is 0.275 e. The number of aromatic nitrogens is 2. The van der Waals surface area contributed by atoms with Crippen LogP contribution < -0.4 is 5.43 Å². The Labute approximate surface area is 161 Å². The number of fused-ring (bicyclic) bond motifs is 1. The van der Waals surface area contributed by atoms with E-state index in [-0.39, 0.29) is 23.4 Å². The first kappa shape index (κ1) is 17.8. The zero-order valence-electron chi connectivity index (χ0n) is 15.2. The van der Waals surface area contributed by atoms with Crippen molar-refractivity contribution in [2.45, 2.75) is 12.0 Å². The molecule has 0 spiro atoms. The van der Waals surface area contributed by atoms with Crippen molar-refractivity contribution in [3.63, 3.8) is 0 Å². The van der Waals surface area contributed by atoms with Gasteiger partial charge >= 0.3 is 0 Å². The summed E-state index contributed by atoms with van der Waals surface area (Å²) in [7, 11) is 1.63. The molecule has 2 N–H and O–H groups in total. The summed E-state index contributed by atoms with van der Waals surface area (Å²) < 4.78 is 1.43. The van der Waals surface area contributed by atoms with Gasteiger partial charge in [-0.15, -0.1) is 0 Å². The highest BCUT2D eigenvalue weighted by atomic mass is 16.3. The van der Waals surface area contributed by atoms with Crippen molar-refractivity contribution in [1.29, 1.82) is 0 Å². The molecule has 4 rings (SSSR count). The minimum absolute atomic E-state index is 0.118. The fraction of sp³-hybridized carbons (Fsp3) is 0.190. The van der Waals surface area contributed by atoms with Gasteiger partial charge < -0.3 is 15.1 Å². The van der Waals surface area contributed by atoms with Crippen molar-refractivity contribution in [3.8, 4) is 11.5 Å². The Morgan fingerprint density at radius 3 is 2.46 bits per heavy atom. The molecule has 2 aromatic carbocycles. The summed E-state index contributed by atoms with van der Waals surface area (Å²) >= 11 is 0. The van der Waals surface area contributed by atoms with Gasteiger partial charge in [-0.1, -0.05) is 42.5 Å². The molecular weight excluding hydrogens is 358 g/mol. The predicted octanol–water partition coefficient (Wildman–Crippen LogP) is 2.11. The molecule has 3 aromatic rings. The third-order valence-electron chi connectivity index (χ3n) is 5.08. The third-order valence-corrected chi connectivity index (χ3v) is 5.08. The summed E-state index contributed by atoms with van der Waals surface area (Å²) in [5, 5.41) is 24.4. The largest absolute Gasteiger partial charge is 0.508 e. The molecule has 1 aliphatic heterocycles. The van der Waals surface area contributed by atoms with Gasteiger partial charge in [0.1, 0.15) is 5.75 Å². The lowest BCUT2D eigenvalue weighted by Gasteiger charge is -2.37. The number of likely N-dealkylation sites (N-methyl/N-ethyl adjacent to an activating group) is 1. The second-order valence-corrected chi connectivity index (χ2v) is 6.89. The van der Waals surface area contributed by atoms with Gasteiger partial charge in [0.2, 0.25) is 5.43 Å². The molecule has 0 saturated heterocycles. The van der Waals surface area contributed by atoms with Crippen LogP contribution >= 0.6 is 0 Å². The number of nitrogens with zero attached hydrogens (tertiary/aromatic N) is 3. The lowest BCUT2D eigenvalue weighted by Crippen LogP contribution is -2.45. The quantitative estimate of drug-likeness (QED) is 0.729. The first-order valence-corrected chi connectivity index (χ1v) is 8.87. The number of hydrogen-bond acceptors (Lipinski definition) is 5. The van der Waals surface area contributed by atoms with Gasteiger partial charge in [0.25, 0.3) is 5.91 Å². The van der Waals surface area contributed by atoms with Gasteiger partial charge in [0, 0.05) is 19.5 Å². The van der Waals surface area contributed by atoms with Crippen molar-refractivity contribution in [2.24, 2.45) is 0 Å². The average molecular weight is 377 g/mol. The maximum absolute atomic E-state index is 12.6. The Balaban J connectivity index is 1.95. The van der Waals surface area contributed by atoms with Gasteiger partial charge in [-0.3, -0.25) is 14.3 Å². The Kier molecular flexibility index (Phi) is 4.35. The van der Waals surface area contributed by atoms with Crippen LogP contribution in [0.3, 0.4) is 0 Å². The zero-order chi connectivity index (χ0) is 19.8. The molecule has 2 atom stereocenters. The van der Waals surface area contributed by atoms with Crippen molar-refractivity contribution in [2.75, 3.05) is 13.6 Å². The molecule has 2 unspecified atom stereocenters. The normalized spacial score (nSPS) is 17.2. The van der Waals surface area contributed by atoms with Crippen LogP contribution in [0.5, 0.6) is 11.5 Å². The van der Waals surface area contributed by atoms with Gasteiger partial charge in [-0.25, -0.2) is 0 Å². The number of hydrogen-bond donors (Lipinski definition) is 2. The minimum atomic E-state index is -0.692. The molecule has 2 heterocycles. The lowest BCUT2D eigenvalue weighted by molar-refractivity contribution is 0.0686. The Bertz CT molecular complexity index is 1090. The molecule has 0 radical (unpaired) electrons. The number of rotatable bonds is 3. The lowest BCUT2D eigenvalue weighted by atomic mass is 9.83. The molecule has 0 saturated carbocycles. The summed E-state index contributed by atoms with van der Waals surface area (Å²) in [6, 6.07) is 16.2. The van der Waals surface area contributed by atoms with Gasteiger partial charge in [-0.05, 0) is 23.3 Å². The summed E-state index contributed by atoms with van der Waals surface area (Å²) in [4.78, 5) is 26.0. The zero-order valence-corrected chi connectivity index (χ0v) is 15.2. The average Bonchev–Trinajstić information content (AvgIpc) is 2.69. The molecule has 1 aromatic heterocycles. The highest BCUT2D eigenvalue weighted by Gasteiger charge is 2.38. The van der Waals surface area contributed by atoms with Crippen LogP contribution in [-0.2, 0) is 0 Å². The fourth-order valence-electron chi connectivity index (χ4n) is 3.79. The van der Waals surface area contributed by atoms with Crippen molar-refractivity contribution in [3.05, 3.63) is 87.8 Å². The molecule has 0 fully saturated rings. The van der Waals surface area contributed by atoms with E-state index >= 15 is 0 Å². The number of carbonyl (C=O) groups is 1. The molecule has 0 bridgehead atoms. The molecule has 7 nitrogen and oxygen atoms in total. The standard InChI is InChI=1S/C21H19N3O4/c1-23-12-16(24-19(21(23)28)20(27)17(26)11-22-24)18(13-6-3-2-4-7-13)14-8-5-9-15(25)10-14/h2-11,16,18,25,27H,12H2,1H3. The van der Waals surface area contributed by atoms with E-state index in [4.69, 9.17) is 0 Å². The molecule has 1 amide bonds. The molecule has 7 heteroatoms. The van der Waals surface area contributed by atoms with E-state index in [1.54, 1.807) is 25.2 Å². The van der Waals surface area contributed by atoms with E-state index in [0.29, 0.717) is 6.54 Å². The Morgan fingerprint density at radius 1 is 1.04 bits per heavy atom. The number of benzene rings is 2. The van der Waals surface area contributed by atoms with Crippen LogP contribution in [0, 0.1) is 0 Å². The SMILES string of the molecule is CN1CC(C(c2ccccc2)c2cccc(O)c2)n2ncc(=O)c(O)c2C1=O. The Morgan fingerprint density at radius 2 is 1.75 bits per heavy atom. The Hall–Kier alpha value is -3.61. The topological polar surface area (TPSA) is 95.7 Å². The third kappa shape index (κ3) is 2.90. The number of carbonyl (C=O) groups excluding carboxylic acids is 1. The number of phenolic OH excluding ortho intramolecular Hbond substituents is 1. The predicted molar refractivity (Wildman–Crippen MR) is 103 cm³/mol. The fourth-order valence-corrected chi connectivity index (χ4v) is 3.79. The van der Waals surface area contributed by atoms with E-state index in [2.05, 4.69) is 5.10 Å². The summed E-state index contributed by atoms with van der Waals surface area (Å²) in [6.45, 7) is 0.330. The molecule has 142 valence electrons. The summed E-state index contributed by atoms with van der Waals surface area (Å²) in [6.07, 6.45) is 1.02. The first-order valence-electron chi connectivity index (χ1n) is 8.87. The second-order valence-electron chi connectivity index (χ2n) is 6.89. The summed E-state index contributed by atoms with van der Waals surface area (Å²) in [5.41, 5.74) is 0.992. The first-order chi connectivity index (χ1) is 13.5. The molecule has 1 aliphatic rings. The number of amides is 1. The van der Waals surface area contributed by atoms with Crippen LogP contribution in [0.2, 0.25) is 0 Å². The number of aromatic hydroxyl groups is 2. The van der Waals surface area contributed by atoms with E-state index < -0.39 is 17.1 Å². The van der Waals surface area contributed by atoms with Crippen LogP contribution in [0.15, 0.2) is 65.6 Å². The minimum Gasteiger partial charge on any atom is -0.508 e. The highest BCUT2D eigenvalue weighted by Crippen LogP contribution is 2.39. The maximum atomic E-state index is 12.6. The van der Waals surface area contributed by atoms with E-state index in [9.17, 15) is 19.8 Å². The van der Waals surface area contributed by atoms with Crippen molar-refractivity contribution in [1.82, 2.24) is 14.7 Å². The molecule has 0 aliphatic carbocycles.